The molecule has 2 N–H and O–H groups in total. The zero-order valence-electron chi connectivity index (χ0n) is 11.5. The highest BCUT2D eigenvalue weighted by atomic mass is 16.2. The Kier molecular flexibility index (Phi) is 9.19. The predicted octanol–water partition coefficient (Wildman–Crippen LogP) is 0.820. The number of hydrogen-bond donors (Lipinski definition) is 2. The van der Waals surface area contributed by atoms with Crippen LogP contribution in [0.15, 0.2) is 4.99 Å². The van der Waals surface area contributed by atoms with Gasteiger partial charge in [-0.15, -0.1) is 0 Å². The maximum Gasteiger partial charge on any atom is 0.243 e. The third kappa shape index (κ3) is 8.54. The van der Waals surface area contributed by atoms with Gasteiger partial charge in [-0.1, -0.05) is 20.3 Å². The molecule has 17 heavy (non-hydrogen) atoms. The van der Waals surface area contributed by atoms with Gasteiger partial charge in [-0.3, -0.25) is 4.79 Å². The Morgan fingerprint density at radius 1 is 1.12 bits per heavy atom. The third-order valence-electron chi connectivity index (χ3n) is 2.24. The van der Waals surface area contributed by atoms with E-state index < -0.39 is 0 Å². The molecule has 0 aliphatic carbocycles. The van der Waals surface area contributed by atoms with Crippen LogP contribution in [-0.2, 0) is 4.79 Å². The summed E-state index contributed by atoms with van der Waals surface area (Å²) < 4.78 is 0. The molecule has 0 bridgehead atoms. The molecule has 5 heteroatoms. The minimum absolute atomic E-state index is 0.0121. The minimum atomic E-state index is 0.0121. The van der Waals surface area contributed by atoms with Crippen LogP contribution < -0.4 is 10.6 Å². The van der Waals surface area contributed by atoms with E-state index in [1.54, 1.807) is 19.0 Å². The highest BCUT2D eigenvalue weighted by Crippen LogP contribution is 1.85. The van der Waals surface area contributed by atoms with E-state index in [0.29, 0.717) is 0 Å². The molecule has 0 aromatic carbocycles. The molecule has 0 spiro atoms. The van der Waals surface area contributed by atoms with Crippen LogP contribution in [0.25, 0.3) is 0 Å². The van der Waals surface area contributed by atoms with Crippen molar-refractivity contribution in [2.24, 2.45) is 4.99 Å². The van der Waals surface area contributed by atoms with Crippen molar-refractivity contribution in [3.63, 3.8) is 0 Å². The van der Waals surface area contributed by atoms with Crippen molar-refractivity contribution in [2.45, 2.75) is 33.1 Å². The molecule has 0 atom stereocenters. The van der Waals surface area contributed by atoms with Crippen LogP contribution in [0.4, 0.5) is 0 Å². The van der Waals surface area contributed by atoms with Gasteiger partial charge in [0, 0.05) is 27.2 Å². The standard InChI is InChI=1S/C12H26N4O/c1-5-7-9-14-12(13-8-6-2)15-10-11(17)16(3)4/h5-10H2,1-4H3,(H2,13,14,15). The fourth-order valence-electron chi connectivity index (χ4n) is 1.09. The van der Waals surface area contributed by atoms with Crippen molar-refractivity contribution in [2.75, 3.05) is 33.7 Å². The fourth-order valence-corrected chi connectivity index (χ4v) is 1.09. The first-order valence-electron chi connectivity index (χ1n) is 6.34. The molecule has 100 valence electrons. The van der Waals surface area contributed by atoms with Crippen LogP contribution in [0.1, 0.15) is 33.1 Å². The number of carbonyl (C=O) groups excluding carboxylic acids is 1. The van der Waals surface area contributed by atoms with Crippen LogP contribution in [0.3, 0.4) is 0 Å². The molecule has 0 aliphatic heterocycles. The van der Waals surface area contributed by atoms with Crippen LogP contribution in [0.5, 0.6) is 0 Å². The van der Waals surface area contributed by atoms with E-state index in [4.69, 9.17) is 0 Å². The van der Waals surface area contributed by atoms with Gasteiger partial charge < -0.3 is 15.5 Å². The average molecular weight is 242 g/mol. The molecule has 0 radical (unpaired) electrons. The van der Waals surface area contributed by atoms with Gasteiger partial charge in [0.05, 0.1) is 0 Å². The molecule has 5 nitrogen and oxygen atoms in total. The van der Waals surface area contributed by atoms with Crippen molar-refractivity contribution in [1.82, 2.24) is 15.5 Å². The van der Waals surface area contributed by atoms with Gasteiger partial charge in [0.2, 0.25) is 5.91 Å². The molecule has 0 unspecified atom stereocenters. The lowest BCUT2D eigenvalue weighted by Crippen LogP contribution is -2.39. The Morgan fingerprint density at radius 2 is 1.76 bits per heavy atom. The molecular weight excluding hydrogens is 216 g/mol. The SMILES string of the molecule is CCCCNC(=NCC(=O)N(C)C)NCCC. The molecule has 0 heterocycles. The number of guanidine groups is 1. The number of nitrogens with one attached hydrogen (secondary N) is 2. The second-order valence-corrected chi connectivity index (χ2v) is 4.16. The summed E-state index contributed by atoms with van der Waals surface area (Å²) in [6, 6.07) is 0. The summed E-state index contributed by atoms with van der Waals surface area (Å²) in [5.74, 6) is 0.744. The summed E-state index contributed by atoms with van der Waals surface area (Å²) in [6.07, 6.45) is 3.29. The summed E-state index contributed by atoms with van der Waals surface area (Å²) in [5.41, 5.74) is 0. The zero-order valence-corrected chi connectivity index (χ0v) is 11.5. The van der Waals surface area contributed by atoms with Crippen molar-refractivity contribution in [3.8, 4) is 0 Å². The van der Waals surface area contributed by atoms with Crippen LogP contribution >= 0.6 is 0 Å². The van der Waals surface area contributed by atoms with Gasteiger partial charge in [-0.25, -0.2) is 4.99 Å². The summed E-state index contributed by atoms with van der Waals surface area (Å²) in [4.78, 5) is 17.2. The number of hydrogen-bond acceptors (Lipinski definition) is 2. The van der Waals surface area contributed by atoms with E-state index in [9.17, 15) is 4.79 Å². The Bertz CT molecular complexity index is 239. The highest BCUT2D eigenvalue weighted by Gasteiger charge is 2.03. The molecule has 0 saturated heterocycles. The normalized spacial score (nSPS) is 11.2. The lowest BCUT2D eigenvalue weighted by Gasteiger charge is -2.12. The topological polar surface area (TPSA) is 56.7 Å². The van der Waals surface area contributed by atoms with Gasteiger partial charge in [-0.05, 0) is 12.8 Å². The van der Waals surface area contributed by atoms with Crippen LogP contribution in [0, 0.1) is 0 Å². The number of likely N-dealkylation sites (N-methyl/N-ethyl adjacent to an activating group) is 1. The lowest BCUT2D eigenvalue weighted by atomic mass is 10.3. The second-order valence-electron chi connectivity index (χ2n) is 4.16. The monoisotopic (exact) mass is 242 g/mol. The van der Waals surface area contributed by atoms with Gasteiger partial charge in [-0.2, -0.15) is 0 Å². The fraction of sp³-hybridized carbons (Fsp3) is 0.833. The zero-order chi connectivity index (χ0) is 13.1. The highest BCUT2D eigenvalue weighted by molar-refractivity contribution is 5.84. The van der Waals surface area contributed by atoms with E-state index >= 15 is 0 Å². The molecular formula is C12H26N4O. The quantitative estimate of drug-likeness (QED) is 0.395. The third-order valence-corrected chi connectivity index (χ3v) is 2.24. The van der Waals surface area contributed by atoms with Gasteiger partial charge in [0.15, 0.2) is 5.96 Å². The minimum Gasteiger partial charge on any atom is -0.356 e. The Labute approximate surface area is 105 Å². The first-order chi connectivity index (χ1) is 8.11. The van der Waals surface area contributed by atoms with Crippen LogP contribution in [-0.4, -0.2) is 50.5 Å². The van der Waals surface area contributed by atoms with Crippen molar-refractivity contribution in [1.29, 1.82) is 0 Å². The smallest absolute Gasteiger partial charge is 0.243 e. The summed E-state index contributed by atoms with van der Waals surface area (Å²) in [5, 5.41) is 6.41. The van der Waals surface area contributed by atoms with Gasteiger partial charge in [0.1, 0.15) is 6.54 Å². The van der Waals surface area contributed by atoms with E-state index in [1.165, 1.54) is 0 Å². The number of amides is 1. The number of carbonyl (C=O) groups is 1. The van der Waals surface area contributed by atoms with E-state index in [2.05, 4.69) is 29.5 Å². The van der Waals surface area contributed by atoms with Crippen molar-refractivity contribution in [3.05, 3.63) is 0 Å². The van der Waals surface area contributed by atoms with Crippen molar-refractivity contribution >= 4 is 11.9 Å². The first-order valence-corrected chi connectivity index (χ1v) is 6.34. The number of nitrogens with zero attached hydrogens (tertiary/aromatic N) is 2. The number of unbranched alkanes of at least 4 members (excludes halogenated alkanes) is 1. The van der Waals surface area contributed by atoms with Crippen molar-refractivity contribution < 1.29 is 4.79 Å². The maximum absolute atomic E-state index is 11.4. The molecule has 0 rings (SSSR count). The number of rotatable bonds is 7. The lowest BCUT2D eigenvalue weighted by molar-refractivity contribution is -0.127. The predicted molar refractivity (Wildman–Crippen MR) is 72.2 cm³/mol. The first kappa shape index (κ1) is 15.7. The summed E-state index contributed by atoms with van der Waals surface area (Å²) in [7, 11) is 3.48. The Balaban J connectivity index is 4.14. The molecule has 0 aromatic heterocycles. The van der Waals surface area contributed by atoms with Gasteiger partial charge >= 0.3 is 0 Å². The second kappa shape index (κ2) is 9.93. The van der Waals surface area contributed by atoms with Crippen LogP contribution in [0.2, 0.25) is 0 Å². The van der Waals surface area contributed by atoms with E-state index in [0.717, 1.165) is 38.3 Å². The number of aliphatic imine (C=N–C) groups is 1. The Morgan fingerprint density at radius 3 is 2.29 bits per heavy atom. The molecule has 0 aromatic rings. The summed E-state index contributed by atoms with van der Waals surface area (Å²) in [6.45, 7) is 6.20. The largest absolute Gasteiger partial charge is 0.356 e. The molecule has 0 aliphatic rings. The van der Waals surface area contributed by atoms with Gasteiger partial charge in [0.25, 0.3) is 0 Å². The average Bonchev–Trinajstić information content (AvgIpc) is 2.31. The Hall–Kier alpha value is -1.26. The van der Waals surface area contributed by atoms with E-state index in [-0.39, 0.29) is 12.5 Å². The maximum atomic E-state index is 11.4. The van der Waals surface area contributed by atoms with E-state index in [1.807, 2.05) is 0 Å². The molecule has 0 fully saturated rings. The molecule has 1 amide bonds. The molecule has 0 saturated carbocycles. The summed E-state index contributed by atoms with van der Waals surface area (Å²) >= 11 is 0.